The maximum absolute atomic E-state index is 10.1. The van der Waals surface area contributed by atoms with E-state index in [0.717, 1.165) is 0 Å². The van der Waals surface area contributed by atoms with Gasteiger partial charge in [-0.05, 0) is 57.8 Å². The lowest BCUT2D eigenvalue weighted by atomic mass is 9.69. The van der Waals surface area contributed by atoms with Gasteiger partial charge in [0.1, 0.15) is 0 Å². The molecule has 0 atom stereocenters. The van der Waals surface area contributed by atoms with Gasteiger partial charge in [-0.15, -0.1) is 39.5 Å². The molecule has 4 heteroatoms. The molecule has 176 valence electrons. The molecule has 0 spiro atoms. The molecule has 0 saturated carbocycles. The van der Waals surface area contributed by atoms with Crippen molar-refractivity contribution in [3.05, 3.63) is 75.9 Å². The smallest absolute Gasteiger partial charge is 0.0448 e. The molecule has 0 radical (unpaired) electrons. The number of aliphatic hydroxyl groups is 3. The summed E-state index contributed by atoms with van der Waals surface area (Å²) >= 11 is 0. The lowest BCUT2D eigenvalue weighted by Crippen LogP contribution is -2.70. The van der Waals surface area contributed by atoms with Crippen LogP contribution in [0.3, 0.4) is 0 Å². The number of rotatable bonds is 21. The quantitative estimate of drug-likeness (QED) is 0.221. The van der Waals surface area contributed by atoms with E-state index < -0.39 is 16.6 Å². The standard InChI is InChI=1S/C27H45NO3/c1-7-13-25(14-8-2,19-22-29)28(26(15-9-3,16-10-4)20-23-30)27(17-11-5,18-12-6)21-24-31/h7-12,29-31H,1-6,13-24H2. The molecule has 0 aliphatic rings. The van der Waals surface area contributed by atoms with Crippen LogP contribution < -0.4 is 0 Å². The fourth-order valence-corrected chi connectivity index (χ4v) is 5.49. The minimum Gasteiger partial charge on any atom is -0.396 e. The van der Waals surface area contributed by atoms with Crippen molar-refractivity contribution in [3.63, 3.8) is 0 Å². The molecule has 0 aromatic carbocycles. The summed E-state index contributed by atoms with van der Waals surface area (Å²) in [7, 11) is 0. The Labute approximate surface area is 190 Å². The molecular formula is C27H45NO3. The average Bonchev–Trinajstić information content (AvgIpc) is 2.70. The second kappa shape index (κ2) is 15.1. The lowest BCUT2D eigenvalue weighted by Gasteiger charge is -2.63. The first-order valence-electron chi connectivity index (χ1n) is 11.2. The first-order chi connectivity index (χ1) is 14.9. The Balaban J connectivity index is 7.49. The van der Waals surface area contributed by atoms with E-state index in [-0.39, 0.29) is 19.8 Å². The van der Waals surface area contributed by atoms with Gasteiger partial charge in [-0.25, -0.2) is 0 Å². The number of aliphatic hydroxyl groups excluding tert-OH is 3. The Morgan fingerprint density at radius 3 is 0.774 bits per heavy atom. The molecular weight excluding hydrogens is 386 g/mol. The zero-order valence-corrected chi connectivity index (χ0v) is 19.5. The highest BCUT2D eigenvalue weighted by Gasteiger charge is 2.54. The molecule has 0 aromatic heterocycles. The van der Waals surface area contributed by atoms with Gasteiger partial charge in [-0.3, -0.25) is 4.90 Å². The summed E-state index contributed by atoms with van der Waals surface area (Å²) in [5, 5.41) is 30.4. The normalized spacial score (nSPS) is 12.4. The summed E-state index contributed by atoms with van der Waals surface area (Å²) in [5.74, 6) is 0. The van der Waals surface area contributed by atoms with E-state index >= 15 is 0 Å². The molecule has 0 bridgehead atoms. The molecule has 0 aliphatic heterocycles. The maximum Gasteiger partial charge on any atom is 0.0448 e. The van der Waals surface area contributed by atoms with E-state index in [2.05, 4.69) is 44.4 Å². The predicted molar refractivity (Wildman–Crippen MR) is 134 cm³/mol. The Morgan fingerprint density at radius 1 is 0.452 bits per heavy atom. The molecule has 0 heterocycles. The van der Waals surface area contributed by atoms with Crippen molar-refractivity contribution in [1.29, 1.82) is 0 Å². The molecule has 0 amide bonds. The minimum atomic E-state index is -0.527. The van der Waals surface area contributed by atoms with E-state index in [1.807, 2.05) is 36.5 Å². The fourth-order valence-electron chi connectivity index (χ4n) is 5.49. The topological polar surface area (TPSA) is 63.9 Å². The molecule has 3 N–H and O–H groups in total. The van der Waals surface area contributed by atoms with Gasteiger partial charge < -0.3 is 15.3 Å². The van der Waals surface area contributed by atoms with Crippen LogP contribution in [-0.4, -0.2) is 56.7 Å². The van der Waals surface area contributed by atoms with Crippen LogP contribution in [0.25, 0.3) is 0 Å². The van der Waals surface area contributed by atoms with Crippen molar-refractivity contribution in [2.24, 2.45) is 0 Å². The van der Waals surface area contributed by atoms with E-state index in [1.165, 1.54) is 0 Å². The van der Waals surface area contributed by atoms with Crippen LogP contribution in [-0.2, 0) is 0 Å². The summed E-state index contributed by atoms with van der Waals surface area (Å²) in [6.45, 7) is 24.0. The number of nitrogens with zero attached hydrogens (tertiary/aromatic N) is 1. The molecule has 4 nitrogen and oxygen atoms in total. The van der Waals surface area contributed by atoms with Crippen LogP contribution in [0, 0.1) is 0 Å². The largest absolute Gasteiger partial charge is 0.396 e. The third kappa shape index (κ3) is 7.15. The monoisotopic (exact) mass is 431 g/mol. The lowest BCUT2D eigenvalue weighted by molar-refractivity contribution is -0.125. The zero-order valence-electron chi connectivity index (χ0n) is 19.5. The summed E-state index contributed by atoms with van der Waals surface area (Å²) in [4.78, 5) is 2.44. The Hall–Kier alpha value is -1.72. The van der Waals surface area contributed by atoms with Gasteiger partial charge >= 0.3 is 0 Å². The van der Waals surface area contributed by atoms with Crippen molar-refractivity contribution in [3.8, 4) is 0 Å². The van der Waals surface area contributed by atoms with Gasteiger partial charge in [0.05, 0.1) is 0 Å². The number of hydrogen-bond acceptors (Lipinski definition) is 4. The molecule has 0 fully saturated rings. The fraction of sp³-hybridized carbons (Fsp3) is 0.556. The summed E-state index contributed by atoms with van der Waals surface area (Å²) in [5.41, 5.74) is -1.58. The van der Waals surface area contributed by atoms with Crippen LogP contribution >= 0.6 is 0 Å². The van der Waals surface area contributed by atoms with Gasteiger partial charge in [0.15, 0.2) is 0 Å². The van der Waals surface area contributed by atoms with Crippen LogP contribution in [0.1, 0.15) is 57.8 Å². The van der Waals surface area contributed by atoms with Crippen molar-refractivity contribution in [1.82, 2.24) is 4.90 Å². The van der Waals surface area contributed by atoms with Gasteiger partial charge in [0, 0.05) is 36.4 Å². The second-order valence-corrected chi connectivity index (χ2v) is 8.39. The van der Waals surface area contributed by atoms with Crippen molar-refractivity contribution in [2.75, 3.05) is 19.8 Å². The first-order valence-corrected chi connectivity index (χ1v) is 11.2. The molecule has 0 aliphatic carbocycles. The van der Waals surface area contributed by atoms with Crippen molar-refractivity contribution < 1.29 is 15.3 Å². The maximum atomic E-state index is 10.1. The summed E-state index contributed by atoms with van der Waals surface area (Å²) in [6.07, 6.45) is 16.4. The first kappa shape index (κ1) is 29.3. The van der Waals surface area contributed by atoms with Gasteiger partial charge in [-0.2, -0.15) is 0 Å². The zero-order chi connectivity index (χ0) is 23.8. The third-order valence-electron chi connectivity index (χ3n) is 6.30. The molecule has 31 heavy (non-hydrogen) atoms. The van der Waals surface area contributed by atoms with E-state index in [1.54, 1.807) is 0 Å². The van der Waals surface area contributed by atoms with Crippen molar-refractivity contribution >= 4 is 0 Å². The highest BCUT2D eigenvalue weighted by molar-refractivity contribution is 5.17. The van der Waals surface area contributed by atoms with Gasteiger partial charge in [-0.1, -0.05) is 36.5 Å². The van der Waals surface area contributed by atoms with Crippen molar-refractivity contribution in [2.45, 2.75) is 74.4 Å². The van der Waals surface area contributed by atoms with Gasteiger partial charge in [0.2, 0.25) is 0 Å². The van der Waals surface area contributed by atoms with Crippen LogP contribution in [0.15, 0.2) is 75.9 Å². The van der Waals surface area contributed by atoms with Crippen LogP contribution in [0.4, 0.5) is 0 Å². The average molecular weight is 432 g/mol. The second-order valence-electron chi connectivity index (χ2n) is 8.39. The predicted octanol–water partition coefficient (Wildman–Crippen LogP) is 5.11. The van der Waals surface area contributed by atoms with E-state index in [0.29, 0.717) is 57.8 Å². The Morgan fingerprint density at radius 2 is 0.645 bits per heavy atom. The van der Waals surface area contributed by atoms with E-state index in [9.17, 15) is 15.3 Å². The summed E-state index contributed by atoms with van der Waals surface area (Å²) in [6, 6.07) is 0. The molecule has 0 unspecified atom stereocenters. The third-order valence-corrected chi connectivity index (χ3v) is 6.30. The highest BCUT2D eigenvalue weighted by Crippen LogP contribution is 2.49. The highest BCUT2D eigenvalue weighted by atomic mass is 16.3. The molecule has 0 saturated heterocycles. The van der Waals surface area contributed by atoms with Crippen LogP contribution in [0.2, 0.25) is 0 Å². The Kier molecular flexibility index (Phi) is 14.3. The van der Waals surface area contributed by atoms with E-state index in [4.69, 9.17) is 0 Å². The Bertz CT molecular complexity index is 470. The minimum absolute atomic E-state index is 0.00700. The SMILES string of the molecule is C=CCC(CC=C)(CCO)N(C(CC=C)(CC=C)CCO)C(CC=C)(CC=C)CCO. The molecule has 0 rings (SSSR count). The van der Waals surface area contributed by atoms with Gasteiger partial charge in [0.25, 0.3) is 0 Å². The number of hydrogen-bond donors (Lipinski definition) is 3. The summed E-state index contributed by atoms with van der Waals surface area (Å²) < 4.78 is 0. The molecule has 0 aromatic rings. The van der Waals surface area contributed by atoms with Crippen LogP contribution in [0.5, 0.6) is 0 Å².